The average molecular weight is 170 g/mol. The summed E-state index contributed by atoms with van der Waals surface area (Å²) >= 11 is 4.36. The molecule has 0 aromatic rings. The minimum absolute atomic E-state index is 0.239. The lowest BCUT2D eigenvalue weighted by Crippen LogP contribution is -2.20. The minimum atomic E-state index is 0.239. The summed E-state index contributed by atoms with van der Waals surface area (Å²) in [6.07, 6.45) is 1.16. The Balaban J connectivity index is 4.02. The van der Waals surface area contributed by atoms with Gasteiger partial charge in [-0.05, 0) is 17.1 Å². The lowest BCUT2D eigenvalue weighted by Gasteiger charge is -2.29. The van der Waals surface area contributed by atoms with Gasteiger partial charge in [-0.25, -0.2) is 0 Å². The summed E-state index contributed by atoms with van der Waals surface area (Å²) in [6, 6.07) is 0. The maximum Gasteiger partial charge on any atom is 0.0718 e. The van der Waals surface area contributed by atoms with Crippen LogP contribution in [0.5, 0.6) is 0 Å². The molecule has 0 aromatic heterocycles. The molecule has 0 fully saturated rings. The molecule has 0 rings (SSSR count). The van der Waals surface area contributed by atoms with E-state index in [1.54, 1.807) is 0 Å². The van der Waals surface area contributed by atoms with Crippen molar-refractivity contribution in [2.24, 2.45) is 11.8 Å². The van der Waals surface area contributed by atoms with E-state index < -0.39 is 0 Å². The summed E-state index contributed by atoms with van der Waals surface area (Å²) < 4.78 is 0. The van der Waals surface area contributed by atoms with E-state index in [1.807, 2.05) is 0 Å². The zero-order valence-corrected chi connectivity index (χ0v) is 8.94. The molecule has 0 spiro atoms. The second-order valence-electron chi connectivity index (χ2n) is 3.63. The number of thiol groups is 1. The fourth-order valence-electron chi connectivity index (χ4n) is 1.55. The van der Waals surface area contributed by atoms with Crippen molar-refractivity contribution in [3.63, 3.8) is 0 Å². The van der Waals surface area contributed by atoms with Crippen molar-refractivity contribution in [3.8, 4) is 0 Å². The zero-order chi connectivity index (χ0) is 9.02. The van der Waals surface area contributed by atoms with E-state index in [9.17, 15) is 0 Å². The molecular weight excluding hydrogens is 151 g/mol. The summed E-state index contributed by atoms with van der Waals surface area (Å²) in [7, 11) is 6.00. The van der Waals surface area contributed by atoms with Crippen molar-refractivity contribution in [1.29, 1.82) is 0 Å². The van der Waals surface area contributed by atoms with Crippen LogP contribution in [0.15, 0.2) is 0 Å². The summed E-state index contributed by atoms with van der Waals surface area (Å²) in [5.74, 6) is 1.52. The molecule has 0 aliphatic heterocycles. The Morgan fingerprint density at radius 3 is 1.82 bits per heavy atom. The van der Waals surface area contributed by atoms with Gasteiger partial charge in [0, 0.05) is 0 Å². The van der Waals surface area contributed by atoms with Crippen molar-refractivity contribution >= 4 is 20.5 Å². The van der Waals surface area contributed by atoms with Crippen LogP contribution in [0.1, 0.15) is 34.1 Å². The topological polar surface area (TPSA) is 0 Å². The first-order valence-corrected chi connectivity index (χ1v) is 4.96. The van der Waals surface area contributed by atoms with Gasteiger partial charge < -0.3 is 0 Å². The summed E-state index contributed by atoms with van der Waals surface area (Å²) in [4.78, 5) is 0. The van der Waals surface area contributed by atoms with Crippen molar-refractivity contribution in [3.05, 3.63) is 0 Å². The second-order valence-corrected chi connectivity index (χ2v) is 4.45. The lowest BCUT2D eigenvalue weighted by atomic mass is 9.69. The predicted octanol–water partition coefficient (Wildman–Crippen LogP) is 2.94. The van der Waals surface area contributed by atoms with Gasteiger partial charge in [-0.15, -0.1) is 0 Å². The quantitative estimate of drug-likeness (QED) is 0.486. The number of hydrogen-bond acceptors (Lipinski definition) is 1. The molecule has 0 heterocycles. The molecule has 0 amide bonds. The van der Waals surface area contributed by atoms with Crippen LogP contribution >= 0.6 is 12.6 Å². The van der Waals surface area contributed by atoms with Crippen LogP contribution in [0.3, 0.4) is 0 Å². The first-order valence-electron chi connectivity index (χ1n) is 4.44. The normalized spacial score (nSPS) is 19.8. The van der Waals surface area contributed by atoms with E-state index in [4.69, 9.17) is 7.85 Å². The van der Waals surface area contributed by atoms with Crippen molar-refractivity contribution < 1.29 is 0 Å². The van der Waals surface area contributed by atoms with Crippen molar-refractivity contribution in [2.75, 3.05) is 0 Å². The molecule has 3 unspecified atom stereocenters. The summed E-state index contributed by atoms with van der Waals surface area (Å²) in [6.45, 7) is 8.72. The van der Waals surface area contributed by atoms with E-state index in [2.05, 4.69) is 40.3 Å². The largest absolute Gasteiger partial charge is 0.177 e. The third-order valence-corrected chi connectivity index (χ3v) is 2.72. The second kappa shape index (κ2) is 5.13. The Labute approximate surface area is 78.0 Å². The lowest BCUT2D eigenvalue weighted by molar-refractivity contribution is 0.350. The highest BCUT2D eigenvalue weighted by molar-refractivity contribution is 7.81. The van der Waals surface area contributed by atoms with Crippen LogP contribution < -0.4 is 0 Å². The summed E-state index contributed by atoms with van der Waals surface area (Å²) in [5.41, 5.74) is 0. The van der Waals surface area contributed by atoms with E-state index in [0.29, 0.717) is 17.1 Å². The Morgan fingerprint density at radius 1 is 1.27 bits per heavy atom. The van der Waals surface area contributed by atoms with Crippen LogP contribution in [-0.4, -0.2) is 13.1 Å². The van der Waals surface area contributed by atoms with Gasteiger partial charge in [-0.1, -0.05) is 39.9 Å². The van der Waals surface area contributed by atoms with E-state index in [0.717, 1.165) is 6.42 Å². The number of hydrogen-bond donors (Lipinski definition) is 1. The molecule has 0 bridgehead atoms. The fraction of sp³-hybridized carbons (Fsp3) is 1.00. The zero-order valence-electron chi connectivity index (χ0n) is 8.04. The summed E-state index contributed by atoms with van der Waals surface area (Å²) in [5, 5.41) is 0.308. The molecule has 0 nitrogen and oxygen atoms in total. The van der Waals surface area contributed by atoms with Gasteiger partial charge in [-0.3, -0.25) is 0 Å². The Kier molecular flexibility index (Phi) is 5.32. The first-order chi connectivity index (χ1) is 5.00. The maximum absolute atomic E-state index is 6.00. The van der Waals surface area contributed by atoms with Gasteiger partial charge >= 0.3 is 0 Å². The van der Waals surface area contributed by atoms with Crippen LogP contribution in [-0.2, 0) is 0 Å². The monoisotopic (exact) mass is 170 g/mol. The van der Waals surface area contributed by atoms with Gasteiger partial charge in [0.05, 0.1) is 7.85 Å². The van der Waals surface area contributed by atoms with Crippen LogP contribution in [0.2, 0.25) is 5.82 Å². The van der Waals surface area contributed by atoms with Crippen molar-refractivity contribution in [1.82, 2.24) is 0 Å². The van der Waals surface area contributed by atoms with Crippen LogP contribution in [0, 0.1) is 11.8 Å². The third kappa shape index (κ3) is 3.55. The first kappa shape index (κ1) is 11.4. The molecule has 11 heavy (non-hydrogen) atoms. The van der Waals surface area contributed by atoms with Crippen LogP contribution in [0.25, 0.3) is 0 Å². The maximum atomic E-state index is 6.00. The molecule has 2 radical (unpaired) electrons. The van der Waals surface area contributed by atoms with Gasteiger partial charge in [-0.2, -0.15) is 12.6 Å². The average Bonchev–Trinajstić information content (AvgIpc) is 1.88. The highest BCUT2D eigenvalue weighted by Gasteiger charge is 2.21. The minimum Gasteiger partial charge on any atom is -0.177 e. The van der Waals surface area contributed by atoms with Gasteiger partial charge in [0.15, 0.2) is 0 Å². The predicted molar refractivity (Wildman–Crippen MR) is 56.6 cm³/mol. The smallest absolute Gasteiger partial charge is 0.0718 e. The molecule has 64 valence electrons. The molecular formula is C9H19BS. The standard InChI is InChI=1S/C9H19BS/c1-5-8(6(2)3)9(10)7(4)11/h6-9,11H,5H2,1-4H3. The third-order valence-electron chi connectivity index (χ3n) is 2.38. The molecule has 2 heteroatoms. The van der Waals surface area contributed by atoms with Gasteiger partial charge in [0.1, 0.15) is 0 Å². The van der Waals surface area contributed by atoms with Gasteiger partial charge in [0.2, 0.25) is 0 Å². The van der Waals surface area contributed by atoms with Crippen LogP contribution in [0.4, 0.5) is 0 Å². The molecule has 0 aliphatic carbocycles. The molecule has 0 N–H and O–H groups in total. The Morgan fingerprint density at radius 2 is 1.73 bits per heavy atom. The Hall–Kier alpha value is 0.415. The molecule has 0 aromatic carbocycles. The molecule has 3 atom stereocenters. The van der Waals surface area contributed by atoms with E-state index in [1.165, 1.54) is 0 Å². The van der Waals surface area contributed by atoms with Gasteiger partial charge in [0.25, 0.3) is 0 Å². The van der Waals surface area contributed by atoms with Crippen molar-refractivity contribution in [2.45, 2.75) is 45.2 Å². The van der Waals surface area contributed by atoms with E-state index in [-0.39, 0.29) is 5.82 Å². The van der Waals surface area contributed by atoms with E-state index >= 15 is 0 Å². The fourth-order valence-corrected chi connectivity index (χ4v) is 1.77. The molecule has 0 aliphatic rings. The number of rotatable bonds is 4. The highest BCUT2D eigenvalue weighted by Crippen LogP contribution is 2.31. The Bertz CT molecular complexity index is 102. The SMILES string of the molecule is [B]C(C(C)S)C(CC)C(C)C. The highest BCUT2D eigenvalue weighted by atomic mass is 32.1. The molecule has 0 saturated heterocycles. The molecule has 0 saturated carbocycles.